The number of piperidine rings is 1. The Morgan fingerprint density at radius 1 is 1.47 bits per heavy atom. The summed E-state index contributed by atoms with van der Waals surface area (Å²) in [5, 5.41) is 3.23. The molecule has 0 radical (unpaired) electrons. The molecule has 17 heavy (non-hydrogen) atoms. The zero-order valence-electron chi connectivity index (χ0n) is 10.6. The number of nitrogens with one attached hydrogen (secondary N) is 2. The summed E-state index contributed by atoms with van der Waals surface area (Å²) < 4.78 is 31.3. The Labute approximate surface area is 104 Å². The van der Waals surface area contributed by atoms with E-state index >= 15 is 0 Å². The summed E-state index contributed by atoms with van der Waals surface area (Å²) in [5.41, 5.74) is 0. The monoisotopic (exact) mass is 264 g/mol. The first-order valence-electron chi connectivity index (χ1n) is 6.40. The maximum atomic E-state index is 11.8. The summed E-state index contributed by atoms with van der Waals surface area (Å²) in [6, 6.07) is 0. The van der Waals surface area contributed by atoms with Crippen molar-refractivity contribution in [2.45, 2.75) is 26.2 Å². The maximum Gasteiger partial charge on any atom is 0.211 e. The van der Waals surface area contributed by atoms with Crippen LogP contribution < -0.4 is 10.0 Å². The van der Waals surface area contributed by atoms with Gasteiger partial charge in [-0.1, -0.05) is 0 Å². The summed E-state index contributed by atoms with van der Waals surface area (Å²) in [7, 11) is -3.11. The van der Waals surface area contributed by atoms with Crippen LogP contribution in [0.1, 0.15) is 26.2 Å². The predicted octanol–water partition coefficient (Wildman–Crippen LogP) is 0.332. The van der Waals surface area contributed by atoms with Crippen LogP contribution >= 0.6 is 0 Å². The standard InChI is InChI=1S/C11H24N2O3S/c1-2-16-8-4-7-13-17(14,15)10-11-5-3-6-12-9-11/h11-13H,2-10H2,1H3. The lowest BCUT2D eigenvalue weighted by Crippen LogP contribution is -2.38. The number of ether oxygens (including phenoxy) is 1. The average molecular weight is 264 g/mol. The van der Waals surface area contributed by atoms with Gasteiger partial charge in [-0.05, 0) is 45.2 Å². The number of hydrogen-bond acceptors (Lipinski definition) is 4. The van der Waals surface area contributed by atoms with E-state index in [-0.39, 0.29) is 11.7 Å². The molecule has 0 amide bonds. The average Bonchev–Trinajstić information content (AvgIpc) is 2.29. The Hall–Kier alpha value is -0.170. The van der Waals surface area contributed by atoms with Crippen molar-refractivity contribution in [1.29, 1.82) is 0 Å². The van der Waals surface area contributed by atoms with E-state index in [4.69, 9.17) is 4.74 Å². The van der Waals surface area contributed by atoms with Crippen molar-refractivity contribution >= 4 is 10.0 Å². The fraction of sp³-hybridized carbons (Fsp3) is 1.00. The lowest BCUT2D eigenvalue weighted by atomic mass is 10.0. The third kappa shape index (κ3) is 6.98. The van der Waals surface area contributed by atoms with Gasteiger partial charge < -0.3 is 10.1 Å². The normalized spacial score (nSPS) is 21.6. The van der Waals surface area contributed by atoms with E-state index in [9.17, 15) is 8.42 Å². The Balaban J connectivity index is 2.16. The molecular weight excluding hydrogens is 240 g/mol. The van der Waals surface area contributed by atoms with E-state index in [1.54, 1.807) is 0 Å². The van der Waals surface area contributed by atoms with Gasteiger partial charge in [0.2, 0.25) is 10.0 Å². The molecule has 0 aromatic rings. The molecule has 1 aliphatic rings. The van der Waals surface area contributed by atoms with Crippen molar-refractivity contribution in [3.63, 3.8) is 0 Å². The van der Waals surface area contributed by atoms with Crippen LogP contribution in [-0.2, 0) is 14.8 Å². The fourth-order valence-corrected chi connectivity index (χ4v) is 3.46. The first kappa shape index (κ1) is 14.9. The van der Waals surface area contributed by atoms with Crippen molar-refractivity contribution in [2.75, 3.05) is 38.6 Å². The maximum absolute atomic E-state index is 11.8. The highest BCUT2D eigenvalue weighted by molar-refractivity contribution is 7.89. The van der Waals surface area contributed by atoms with E-state index in [0.717, 1.165) is 32.4 Å². The van der Waals surface area contributed by atoms with Crippen LogP contribution in [-0.4, -0.2) is 47.0 Å². The molecule has 1 atom stereocenters. The van der Waals surface area contributed by atoms with Crippen molar-refractivity contribution in [2.24, 2.45) is 5.92 Å². The summed E-state index contributed by atoms with van der Waals surface area (Å²) in [6.07, 6.45) is 2.81. The van der Waals surface area contributed by atoms with Crippen molar-refractivity contribution in [1.82, 2.24) is 10.0 Å². The summed E-state index contributed by atoms with van der Waals surface area (Å²) >= 11 is 0. The van der Waals surface area contributed by atoms with Gasteiger partial charge in [0.15, 0.2) is 0 Å². The molecule has 1 saturated heterocycles. The van der Waals surface area contributed by atoms with Crippen LogP contribution in [0.5, 0.6) is 0 Å². The molecule has 102 valence electrons. The highest BCUT2D eigenvalue weighted by Crippen LogP contribution is 2.11. The van der Waals surface area contributed by atoms with Crippen LogP contribution in [0.25, 0.3) is 0 Å². The summed E-state index contributed by atoms with van der Waals surface area (Å²) in [4.78, 5) is 0. The molecule has 0 bridgehead atoms. The van der Waals surface area contributed by atoms with Gasteiger partial charge in [0, 0.05) is 19.8 Å². The molecule has 0 aliphatic carbocycles. The third-order valence-corrected chi connectivity index (χ3v) is 4.40. The molecule has 2 N–H and O–H groups in total. The number of hydrogen-bond donors (Lipinski definition) is 2. The van der Waals surface area contributed by atoms with Crippen LogP contribution in [0.4, 0.5) is 0 Å². The van der Waals surface area contributed by atoms with E-state index in [1.807, 2.05) is 6.92 Å². The zero-order chi connectivity index (χ0) is 12.6. The van der Waals surface area contributed by atoms with Crippen LogP contribution in [0.3, 0.4) is 0 Å². The fourth-order valence-electron chi connectivity index (χ4n) is 1.98. The zero-order valence-corrected chi connectivity index (χ0v) is 11.4. The molecule has 1 rings (SSSR count). The topological polar surface area (TPSA) is 67.4 Å². The van der Waals surface area contributed by atoms with Gasteiger partial charge in [0.25, 0.3) is 0 Å². The van der Waals surface area contributed by atoms with Crippen LogP contribution in [0.2, 0.25) is 0 Å². The second-order valence-electron chi connectivity index (χ2n) is 4.44. The first-order chi connectivity index (χ1) is 8.14. The van der Waals surface area contributed by atoms with Crippen LogP contribution in [0.15, 0.2) is 0 Å². The Kier molecular flexibility index (Phi) is 7.03. The molecule has 1 fully saturated rings. The minimum absolute atomic E-state index is 0.245. The lowest BCUT2D eigenvalue weighted by Gasteiger charge is -2.22. The number of sulfonamides is 1. The molecule has 1 aliphatic heterocycles. The number of rotatable bonds is 8. The molecule has 0 spiro atoms. The van der Waals surface area contributed by atoms with Gasteiger partial charge in [-0.15, -0.1) is 0 Å². The Morgan fingerprint density at radius 3 is 2.94 bits per heavy atom. The first-order valence-corrected chi connectivity index (χ1v) is 8.05. The molecule has 0 aromatic carbocycles. The molecule has 1 heterocycles. The van der Waals surface area contributed by atoms with Gasteiger partial charge in [-0.25, -0.2) is 13.1 Å². The second-order valence-corrected chi connectivity index (χ2v) is 6.29. The molecule has 0 saturated carbocycles. The lowest BCUT2D eigenvalue weighted by molar-refractivity contribution is 0.146. The van der Waals surface area contributed by atoms with E-state index < -0.39 is 10.0 Å². The van der Waals surface area contributed by atoms with Crippen molar-refractivity contribution in [3.05, 3.63) is 0 Å². The third-order valence-electron chi connectivity index (χ3n) is 2.85. The minimum atomic E-state index is -3.11. The Morgan fingerprint density at radius 2 is 2.29 bits per heavy atom. The second kappa shape index (κ2) is 8.02. The van der Waals surface area contributed by atoms with Gasteiger partial charge >= 0.3 is 0 Å². The smallest absolute Gasteiger partial charge is 0.211 e. The largest absolute Gasteiger partial charge is 0.382 e. The predicted molar refractivity (Wildman–Crippen MR) is 68.5 cm³/mol. The van der Waals surface area contributed by atoms with Gasteiger partial charge in [0.1, 0.15) is 0 Å². The minimum Gasteiger partial charge on any atom is -0.382 e. The van der Waals surface area contributed by atoms with E-state index in [1.165, 1.54) is 0 Å². The van der Waals surface area contributed by atoms with Crippen molar-refractivity contribution in [3.8, 4) is 0 Å². The summed E-state index contributed by atoms with van der Waals surface area (Å²) in [6.45, 7) is 5.53. The van der Waals surface area contributed by atoms with Crippen LogP contribution in [0, 0.1) is 5.92 Å². The van der Waals surface area contributed by atoms with Crippen molar-refractivity contribution < 1.29 is 13.2 Å². The molecular formula is C11H24N2O3S. The SMILES string of the molecule is CCOCCCNS(=O)(=O)CC1CCCNC1. The van der Waals surface area contributed by atoms with Gasteiger partial charge in [0.05, 0.1) is 5.75 Å². The molecule has 6 heteroatoms. The van der Waals surface area contributed by atoms with Gasteiger partial charge in [-0.2, -0.15) is 0 Å². The summed E-state index contributed by atoms with van der Waals surface area (Å²) in [5.74, 6) is 0.502. The molecule has 5 nitrogen and oxygen atoms in total. The quantitative estimate of drug-likeness (QED) is 0.620. The Bertz CT molecular complexity index is 287. The van der Waals surface area contributed by atoms with E-state index in [0.29, 0.717) is 19.8 Å². The highest BCUT2D eigenvalue weighted by atomic mass is 32.2. The highest BCUT2D eigenvalue weighted by Gasteiger charge is 2.20. The van der Waals surface area contributed by atoms with E-state index in [2.05, 4.69) is 10.0 Å². The molecule has 1 unspecified atom stereocenters. The molecule has 0 aromatic heterocycles. The van der Waals surface area contributed by atoms with Gasteiger partial charge in [-0.3, -0.25) is 0 Å².